The lowest BCUT2D eigenvalue weighted by atomic mass is 10.3. The van der Waals surface area contributed by atoms with Crippen LogP contribution in [-0.2, 0) is 24.1 Å². The van der Waals surface area contributed by atoms with Crippen molar-refractivity contribution in [1.82, 2.24) is 10.3 Å². The standard InChI is InChI=1S/C11H15F3N2OS/c1-2-17-6-9-16-10(11(12,13)14)8(18-9)5-15-7-3-4-7/h7,15H,2-6H2,1H3. The number of hydrogen-bond donors (Lipinski definition) is 1. The third-order valence-corrected chi connectivity index (χ3v) is 3.60. The quantitative estimate of drug-likeness (QED) is 0.870. The van der Waals surface area contributed by atoms with Crippen molar-refractivity contribution in [3.63, 3.8) is 0 Å². The van der Waals surface area contributed by atoms with Gasteiger partial charge in [0.15, 0.2) is 5.69 Å². The summed E-state index contributed by atoms with van der Waals surface area (Å²) in [5.74, 6) is 0. The number of ether oxygens (including phenoxy) is 1. The van der Waals surface area contributed by atoms with Crippen LogP contribution in [0.3, 0.4) is 0 Å². The van der Waals surface area contributed by atoms with Crippen molar-refractivity contribution >= 4 is 11.3 Å². The number of thiazole rings is 1. The van der Waals surface area contributed by atoms with E-state index in [2.05, 4.69) is 10.3 Å². The highest BCUT2D eigenvalue weighted by Crippen LogP contribution is 2.35. The maximum Gasteiger partial charge on any atom is 0.434 e. The Hall–Kier alpha value is -0.660. The summed E-state index contributed by atoms with van der Waals surface area (Å²) in [6, 6.07) is 0.378. The lowest BCUT2D eigenvalue weighted by Crippen LogP contribution is -2.18. The summed E-state index contributed by atoms with van der Waals surface area (Å²) in [4.78, 5) is 3.90. The van der Waals surface area contributed by atoms with E-state index < -0.39 is 11.9 Å². The van der Waals surface area contributed by atoms with Gasteiger partial charge in [0, 0.05) is 19.2 Å². The molecule has 0 saturated heterocycles. The van der Waals surface area contributed by atoms with Crippen LogP contribution < -0.4 is 5.32 Å². The van der Waals surface area contributed by atoms with E-state index in [4.69, 9.17) is 4.74 Å². The number of nitrogens with one attached hydrogen (secondary N) is 1. The predicted molar refractivity (Wildman–Crippen MR) is 62.3 cm³/mol. The van der Waals surface area contributed by atoms with Crippen molar-refractivity contribution < 1.29 is 17.9 Å². The molecule has 2 rings (SSSR count). The van der Waals surface area contributed by atoms with Crippen molar-refractivity contribution in [2.75, 3.05) is 6.61 Å². The van der Waals surface area contributed by atoms with Crippen molar-refractivity contribution in [3.05, 3.63) is 15.6 Å². The first-order chi connectivity index (χ1) is 8.50. The minimum atomic E-state index is -4.39. The van der Waals surface area contributed by atoms with Gasteiger partial charge in [-0.25, -0.2) is 4.98 Å². The highest BCUT2D eigenvalue weighted by atomic mass is 32.1. The Kier molecular flexibility index (Phi) is 4.24. The minimum absolute atomic E-state index is 0.147. The van der Waals surface area contributed by atoms with Crippen LogP contribution >= 0.6 is 11.3 Å². The molecule has 0 aromatic carbocycles. The molecule has 1 aromatic heterocycles. The molecule has 0 atom stereocenters. The Morgan fingerprint density at radius 2 is 2.17 bits per heavy atom. The summed E-state index contributed by atoms with van der Waals surface area (Å²) in [5.41, 5.74) is -0.768. The summed E-state index contributed by atoms with van der Waals surface area (Å²) in [6.07, 6.45) is -2.29. The van der Waals surface area contributed by atoms with Gasteiger partial charge in [-0.2, -0.15) is 13.2 Å². The molecule has 0 amide bonds. The maximum atomic E-state index is 12.8. The second-order valence-electron chi connectivity index (χ2n) is 4.17. The summed E-state index contributed by atoms with van der Waals surface area (Å²) in [5, 5.41) is 3.47. The first-order valence-electron chi connectivity index (χ1n) is 5.87. The Morgan fingerprint density at radius 3 is 2.72 bits per heavy atom. The normalized spacial score (nSPS) is 16.2. The zero-order chi connectivity index (χ0) is 13.2. The van der Waals surface area contributed by atoms with Crippen LogP contribution in [0, 0.1) is 0 Å². The summed E-state index contributed by atoms with van der Waals surface area (Å²) in [7, 11) is 0. The van der Waals surface area contributed by atoms with Crippen molar-refractivity contribution in [2.45, 2.75) is 45.1 Å². The van der Waals surface area contributed by atoms with E-state index in [0.29, 0.717) is 17.7 Å². The number of rotatable bonds is 6. The molecule has 0 spiro atoms. The molecule has 1 heterocycles. The van der Waals surface area contributed by atoms with Gasteiger partial charge < -0.3 is 10.1 Å². The van der Waals surface area contributed by atoms with E-state index in [1.54, 1.807) is 6.92 Å². The first-order valence-corrected chi connectivity index (χ1v) is 6.69. The highest BCUT2D eigenvalue weighted by molar-refractivity contribution is 7.11. The van der Waals surface area contributed by atoms with E-state index >= 15 is 0 Å². The summed E-state index contributed by atoms with van der Waals surface area (Å²) in [6.45, 7) is 2.65. The summed E-state index contributed by atoms with van der Waals surface area (Å²) < 4.78 is 43.5. The Bertz CT molecular complexity index is 401. The fourth-order valence-electron chi connectivity index (χ4n) is 1.52. The Labute approximate surface area is 107 Å². The Morgan fingerprint density at radius 1 is 1.44 bits per heavy atom. The van der Waals surface area contributed by atoms with Crippen LogP contribution in [0.4, 0.5) is 13.2 Å². The number of halogens is 3. The average Bonchev–Trinajstić information content (AvgIpc) is 3.02. The molecule has 1 saturated carbocycles. The van der Waals surface area contributed by atoms with Gasteiger partial charge in [-0.15, -0.1) is 11.3 Å². The molecular weight excluding hydrogens is 265 g/mol. The molecule has 0 unspecified atom stereocenters. The van der Waals surface area contributed by atoms with E-state index in [0.717, 1.165) is 24.2 Å². The zero-order valence-corrected chi connectivity index (χ0v) is 10.8. The molecule has 102 valence electrons. The Balaban J connectivity index is 2.09. The molecule has 1 aromatic rings. The molecule has 18 heavy (non-hydrogen) atoms. The largest absolute Gasteiger partial charge is 0.434 e. The monoisotopic (exact) mass is 280 g/mol. The molecule has 7 heteroatoms. The van der Waals surface area contributed by atoms with Crippen LogP contribution in [0.1, 0.15) is 35.3 Å². The third kappa shape index (κ3) is 3.66. The zero-order valence-electron chi connectivity index (χ0n) is 10.0. The molecule has 1 aliphatic rings. The van der Waals surface area contributed by atoms with Gasteiger partial charge in [-0.3, -0.25) is 0 Å². The number of hydrogen-bond acceptors (Lipinski definition) is 4. The molecule has 1 fully saturated rings. The number of nitrogens with zero attached hydrogens (tertiary/aromatic N) is 1. The van der Waals surface area contributed by atoms with Crippen LogP contribution in [0.15, 0.2) is 0 Å². The number of alkyl halides is 3. The lowest BCUT2D eigenvalue weighted by Gasteiger charge is -2.06. The van der Waals surface area contributed by atoms with Gasteiger partial charge in [-0.1, -0.05) is 0 Å². The van der Waals surface area contributed by atoms with Crippen molar-refractivity contribution in [2.24, 2.45) is 0 Å². The molecule has 0 aliphatic heterocycles. The van der Waals surface area contributed by atoms with Gasteiger partial charge in [0.05, 0.1) is 11.5 Å². The van der Waals surface area contributed by atoms with E-state index in [9.17, 15) is 13.2 Å². The topological polar surface area (TPSA) is 34.1 Å². The molecule has 1 N–H and O–H groups in total. The molecule has 3 nitrogen and oxygen atoms in total. The molecule has 0 radical (unpaired) electrons. The highest BCUT2D eigenvalue weighted by Gasteiger charge is 2.37. The van der Waals surface area contributed by atoms with Gasteiger partial charge >= 0.3 is 6.18 Å². The fraction of sp³-hybridized carbons (Fsp3) is 0.727. The smallest absolute Gasteiger partial charge is 0.375 e. The predicted octanol–water partition coefficient (Wildman–Crippen LogP) is 2.95. The van der Waals surface area contributed by atoms with Crippen LogP contribution in [0.2, 0.25) is 0 Å². The fourth-order valence-corrected chi connectivity index (χ4v) is 2.49. The second-order valence-corrected chi connectivity index (χ2v) is 5.34. The summed E-state index contributed by atoms with van der Waals surface area (Å²) >= 11 is 1.08. The average molecular weight is 280 g/mol. The van der Waals surface area contributed by atoms with Crippen LogP contribution in [-0.4, -0.2) is 17.6 Å². The molecule has 0 bridgehead atoms. The molecule has 1 aliphatic carbocycles. The van der Waals surface area contributed by atoms with Gasteiger partial charge in [-0.05, 0) is 19.8 Å². The lowest BCUT2D eigenvalue weighted by molar-refractivity contribution is -0.141. The maximum absolute atomic E-state index is 12.8. The molecular formula is C11H15F3N2OS. The van der Waals surface area contributed by atoms with E-state index in [-0.39, 0.29) is 18.0 Å². The third-order valence-electron chi connectivity index (χ3n) is 2.57. The SMILES string of the molecule is CCOCc1nc(C(F)(F)F)c(CNC2CC2)s1. The second kappa shape index (κ2) is 5.54. The van der Waals surface area contributed by atoms with Crippen molar-refractivity contribution in [1.29, 1.82) is 0 Å². The van der Waals surface area contributed by atoms with Crippen molar-refractivity contribution in [3.8, 4) is 0 Å². The van der Waals surface area contributed by atoms with Gasteiger partial charge in [0.2, 0.25) is 0 Å². The minimum Gasteiger partial charge on any atom is -0.375 e. The first kappa shape index (κ1) is 13.8. The van der Waals surface area contributed by atoms with Gasteiger partial charge in [0.25, 0.3) is 0 Å². The van der Waals surface area contributed by atoms with Crippen LogP contribution in [0.25, 0.3) is 0 Å². The number of aromatic nitrogens is 1. The van der Waals surface area contributed by atoms with Gasteiger partial charge in [0.1, 0.15) is 5.01 Å². The van der Waals surface area contributed by atoms with Crippen LogP contribution in [0.5, 0.6) is 0 Å². The van der Waals surface area contributed by atoms with E-state index in [1.165, 1.54) is 0 Å². The van der Waals surface area contributed by atoms with E-state index in [1.807, 2.05) is 0 Å².